The van der Waals surface area contributed by atoms with Crippen molar-refractivity contribution >= 4 is 17.5 Å². The number of hydrogen-bond donors (Lipinski definition) is 3. The number of para-hydroxylation sites is 2. The van der Waals surface area contributed by atoms with Gasteiger partial charge in [-0.1, -0.05) is 12.1 Å². The van der Waals surface area contributed by atoms with Crippen LogP contribution in [0.15, 0.2) is 24.3 Å². The largest absolute Gasteiger partial charge is 0.506 e. The smallest absolute Gasteiger partial charge is 0.313 e. The minimum atomic E-state index is -0.833. The molecule has 0 aliphatic carbocycles. The number of aromatic hydroxyl groups is 1. The Morgan fingerprint density at radius 2 is 1.91 bits per heavy atom. The molecule has 0 saturated carbocycles. The first-order chi connectivity index (χ1) is 10.4. The van der Waals surface area contributed by atoms with Gasteiger partial charge in [-0.05, 0) is 26.0 Å². The maximum atomic E-state index is 11.8. The van der Waals surface area contributed by atoms with Crippen LogP contribution in [0.4, 0.5) is 5.69 Å². The number of aromatic nitrogens is 2. The Kier molecular flexibility index (Phi) is 4.45. The molecule has 0 spiro atoms. The normalized spacial score (nSPS) is 10.3. The molecule has 0 fully saturated rings. The van der Waals surface area contributed by atoms with E-state index in [1.54, 1.807) is 16.8 Å². The fourth-order valence-corrected chi connectivity index (χ4v) is 2.08. The first-order valence-corrected chi connectivity index (χ1v) is 6.76. The van der Waals surface area contributed by atoms with Crippen molar-refractivity contribution < 1.29 is 14.7 Å². The van der Waals surface area contributed by atoms with Gasteiger partial charge < -0.3 is 15.7 Å². The Morgan fingerprint density at radius 3 is 2.50 bits per heavy atom. The lowest BCUT2D eigenvalue weighted by molar-refractivity contribution is -0.136. The molecule has 2 aromatic rings. The third-order valence-electron chi connectivity index (χ3n) is 3.44. The fourth-order valence-electron chi connectivity index (χ4n) is 2.08. The molecule has 0 aliphatic heterocycles. The molecule has 0 unspecified atom stereocenters. The van der Waals surface area contributed by atoms with Crippen molar-refractivity contribution in [3.05, 3.63) is 41.2 Å². The summed E-state index contributed by atoms with van der Waals surface area (Å²) >= 11 is 0. The van der Waals surface area contributed by atoms with E-state index in [0.29, 0.717) is 0 Å². The highest BCUT2D eigenvalue weighted by Gasteiger charge is 2.17. The topological polar surface area (TPSA) is 96.2 Å². The lowest BCUT2D eigenvalue weighted by atomic mass is 10.2. The van der Waals surface area contributed by atoms with Gasteiger partial charge in [0.25, 0.3) is 0 Å². The second kappa shape index (κ2) is 6.30. The van der Waals surface area contributed by atoms with Gasteiger partial charge in [-0.3, -0.25) is 14.3 Å². The first kappa shape index (κ1) is 15.6. The molecule has 0 saturated heterocycles. The molecule has 0 atom stereocenters. The van der Waals surface area contributed by atoms with Crippen LogP contribution in [0.25, 0.3) is 0 Å². The molecule has 1 heterocycles. The van der Waals surface area contributed by atoms with Crippen molar-refractivity contribution in [1.82, 2.24) is 15.1 Å². The summed E-state index contributed by atoms with van der Waals surface area (Å²) in [4.78, 5) is 23.6. The summed E-state index contributed by atoms with van der Waals surface area (Å²) in [6, 6.07) is 6.21. The Hall–Kier alpha value is -2.83. The van der Waals surface area contributed by atoms with Crippen molar-refractivity contribution in [2.45, 2.75) is 20.4 Å². The minimum Gasteiger partial charge on any atom is -0.506 e. The number of anilines is 1. The van der Waals surface area contributed by atoms with E-state index in [9.17, 15) is 14.7 Å². The third-order valence-corrected chi connectivity index (χ3v) is 3.44. The zero-order chi connectivity index (χ0) is 16.3. The Labute approximate surface area is 128 Å². The first-order valence-electron chi connectivity index (χ1n) is 6.76. The summed E-state index contributed by atoms with van der Waals surface area (Å²) in [6.07, 6.45) is 0. The molecule has 0 bridgehead atoms. The molecular weight excluding hydrogens is 284 g/mol. The van der Waals surface area contributed by atoms with E-state index >= 15 is 0 Å². The molecule has 0 radical (unpaired) electrons. The van der Waals surface area contributed by atoms with Crippen LogP contribution in [-0.2, 0) is 23.2 Å². The van der Waals surface area contributed by atoms with Crippen LogP contribution >= 0.6 is 0 Å². The lowest BCUT2D eigenvalue weighted by Crippen LogP contribution is -2.35. The molecule has 2 rings (SSSR count). The zero-order valence-electron chi connectivity index (χ0n) is 12.7. The predicted octanol–water partition coefficient (Wildman–Crippen LogP) is 0.997. The van der Waals surface area contributed by atoms with Crippen molar-refractivity contribution in [3.8, 4) is 5.75 Å². The van der Waals surface area contributed by atoms with Gasteiger partial charge in [-0.2, -0.15) is 5.10 Å². The Balaban J connectivity index is 1.98. The summed E-state index contributed by atoms with van der Waals surface area (Å²) < 4.78 is 1.72. The van der Waals surface area contributed by atoms with Gasteiger partial charge in [-0.15, -0.1) is 0 Å². The summed E-state index contributed by atoms with van der Waals surface area (Å²) in [7, 11) is 1.82. The van der Waals surface area contributed by atoms with E-state index in [1.807, 2.05) is 20.9 Å². The van der Waals surface area contributed by atoms with Gasteiger partial charge in [0.15, 0.2) is 0 Å². The van der Waals surface area contributed by atoms with Crippen molar-refractivity contribution in [3.63, 3.8) is 0 Å². The average Bonchev–Trinajstić information content (AvgIpc) is 2.72. The highest BCUT2D eigenvalue weighted by atomic mass is 16.3. The van der Waals surface area contributed by atoms with Gasteiger partial charge in [0.1, 0.15) is 5.75 Å². The number of rotatable bonds is 3. The standard InChI is InChI=1S/C15H18N4O3/c1-9-11(10(2)19(3)18-9)8-16-14(21)15(22)17-12-6-4-5-7-13(12)20/h4-7,20H,8H2,1-3H3,(H,16,21)(H,17,22). The zero-order valence-corrected chi connectivity index (χ0v) is 12.7. The Morgan fingerprint density at radius 1 is 1.23 bits per heavy atom. The molecule has 22 heavy (non-hydrogen) atoms. The van der Waals surface area contributed by atoms with Crippen molar-refractivity contribution in [2.24, 2.45) is 7.05 Å². The van der Waals surface area contributed by atoms with Crippen molar-refractivity contribution in [1.29, 1.82) is 0 Å². The van der Waals surface area contributed by atoms with Crippen LogP contribution in [0.3, 0.4) is 0 Å². The molecule has 7 nitrogen and oxygen atoms in total. The predicted molar refractivity (Wildman–Crippen MR) is 81.3 cm³/mol. The molecule has 0 aliphatic rings. The van der Waals surface area contributed by atoms with E-state index in [1.165, 1.54) is 12.1 Å². The van der Waals surface area contributed by atoms with Crippen LogP contribution in [0.1, 0.15) is 17.0 Å². The second-order valence-electron chi connectivity index (χ2n) is 4.93. The minimum absolute atomic E-state index is 0.0948. The SMILES string of the molecule is Cc1nn(C)c(C)c1CNC(=O)C(=O)Nc1ccccc1O. The van der Waals surface area contributed by atoms with Crippen LogP contribution in [-0.4, -0.2) is 26.7 Å². The highest BCUT2D eigenvalue weighted by molar-refractivity contribution is 6.39. The van der Waals surface area contributed by atoms with Crippen LogP contribution in [0, 0.1) is 13.8 Å². The van der Waals surface area contributed by atoms with E-state index < -0.39 is 11.8 Å². The number of hydrogen-bond acceptors (Lipinski definition) is 4. The molecule has 116 valence electrons. The molecule has 7 heteroatoms. The van der Waals surface area contributed by atoms with E-state index in [-0.39, 0.29) is 18.0 Å². The Bertz CT molecular complexity index is 722. The van der Waals surface area contributed by atoms with E-state index in [2.05, 4.69) is 15.7 Å². The number of phenolic OH excluding ortho intramolecular Hbond substituents is 1. The molecular formula is C15H18N4O3. The van der Waals surface area contributed by atoms with Crippen LogP contribution in [0.5, 0.6) is 5.75 Å². The van der Waals surface area contributed by atoms with Crippen molar-refractivity contribution in [2.75, 3.05) is 5.32 Å². The number of nitrogens with zero attached hydrogens (tertiary/aromatic N) is 2. The fraction of sp³-hybridized carbons (Fsp3) is 0.267. The van der Waals surface area contributed by atoms with Crippen LogP contribution < -0.4 is 10.6 Å². The number of phenols is 1. The maximum Gasteiger partial charge on any atom is 0.313 e. The van der Waals surface area contributed by atoms with E-state index in [4.69, 9.17) is 0 Å². The average molecular weight is 302 g/mol. The number of carbonyl (C=O) groups excluding carboxylic acids is 2. The summed E-state index contributed by atoms with van der Waals surface area (Å²) in [5, 5.41) is 18.7. The highest BCUT2D eigenvalue weighted by Crippen LogP contribution is 2.21. The molecule has 3 N–H and O–H groups in total. The van der Waals surface area contributed by atoms with Gasteiger partial charge >= 0.3 is 11.8 Å². The summed E-state index contributed by atoms with van der Waals surface area (Å²) in [6.45, 7) is 3.96. The summed E-state index contributed by atoms with van der Waals surface area (Å²) in [5.74, 6) is -1.70. The lowest BCUT2D eigenvalue weighted by Gasteiger charge is -2.08. The number of nitrogens with one attached hydrogen (secondary N) is 2. The number of benzene rings is 1. The third kappa shape index (κ3) is 3.25. The van der Waals surface area contributed by atoms with Gasteiger partial charge in [0, 0.05) is 24.8 Å². The second-order valence-corrected chi connectivity index (χ2v) is 4.93. The quantitative estimate of drug-likeness (QED) is 0.582. The maximum absolute atomic E-state index is 11.8. The van der Waals surface area contributed by atoms with Crippen LogP contribution in [0.2, 0.25) is 0 Å². The monoisotopic (exact) mass is 302 g/mol. The van der Waals surface area contributed by atoms with Gasteiger partial charge in [0.05, 0.1) is 11.4 Å². The molecule has 1 aromatic carbocycles. The number of amides is 2. The molecule has 1 aromatic heterocycles. The molecule has 2 amide bonds. The van der Waals surface area contributed by atoms with Gasteiger partial charge in [-0.25, -0.2) is 0 Å². The summed E-state index contributed by atoms with van der Waals surface area (Å²) in [5.41, 5.74) is 2.81. The number of carbonyl (C=O) groups is 2. The van der Waals surface area contributed by atoms with E-state index in [0.717, 1.165) is 17.0 Å². The van der Waals surface area contributed by atoms with Gasteiger partial charge in [0.2, 0.25) is 0 Å². The number of aryl methyl sites for hydroxylation is 2.